The molecule has 0 bridgehead atoms. The minimum absolute atomic E-state index is 0.193. The van der Waals surface area contributed by atoms with Crippen LogP contribution < -0.4 is 4.74 Å². The van der Waals surface area contributed by atoms with Crippen LogP contribution >= 0.6 is 0 Å². The van der Waals surface area contributed by atoms with Crippen molar-refractivity contribution in [2.24, 2.45) is 5.41 Å². The Balaban J connectivity index is 0.00000112. The third-order valence-electron chi connectivity index (χ3n) is 4.02. The number of ether oxygens (including phenoxy) is 1. The molecule has 0 spiro atoms. The van der Waals surface area contributed by atoms with Gasteiger partial charge in [-0.25, -0.2) is 0 Å². The Bertz CT molecular complexity index is 441. The smallest absolute Gasteiger partial charge is 0.219 e. The van der Waals surface area contributed by atoms with Gasteiger partial charge >= 0.3 is 0 Å². The second-order valence-corrected chi connectivity index (χ2v) is 5.88. The van der Waals surface area contributed by atoms with Crippen LogP contribution in [0.15, 0.2) is 24.3 Å². The van der Waals surface area contributed by atoms with E-state index in [0.717, 1.165) is 31.7 Å². The molecule has 0 aromatic heterocycles. The maximum absolute atomic E-state index is 11.5. The lowest BCUT2D eigenvalue weighted by Gasteiger charge is -2.40. The van der Waals surface area contributed by atoms with Gasteiger partial charge in [-0.2, -0.15) is 0 Å². The third-order valence-corrected chi connectivity index (χ3v) is 4.02. The first-order valence-corrected chi connectivity index (χ1v) is 8.91. The molecule has 1 saturated heterocycles. The van der Waals surface area contributed by atoms with E-state index >= 15 is 0 Å². The number of hydrogen-bond donors (Lipinski definition) is 0. The Morgan fingerprint density at radius 3 is 2.22 bits per heavy atom. The molecule has 1 aromatic rings. The van der Waals surface area contributed by atoms with Crippen molar-refractivity contribution >= 4 is 5.91 Å². The predicted molar refractivity (Wildman–Crippen MR) is 99.0 cm³/mol. The zero-order chi connectivity index (χ0) is 17.9. The molecule has 1 aliphatic heterocycles. The highest BCUT2D eigenvalue weighted by atomic mass is 16.5. The number of benzene rings is 1. The topological polar surface area (TPSA) is 29.5 Å². The Labute approximate surface area is 143 Å². The van der Waals surface area contributed by atoms with E-state index in [0.29, 0.717) is 0 Å². The van der Waals surface area contributed by atoms with E-state index in [1.54, 1.807) is 14.0 Å². The van der Waals surface area contributed by atoms with E-state index in [9.17, 15) is 4.79 Å². The number of likely N-dealkylation sites (tertiary alicyclic amines) is 1. The molecule has 1 fully saturated rings. The fourth-order valence-corrected chi connectivity index (χ4v) is 2.96. The van der Waals surface area contributed by atoms with Crippen molar-refractivity contribution in [3.05, 3.63) is 29.8 Å². The molecule has 23 heavy (non-hydrogen) atoms. The van der Waals surface area contributed by atoms with Gasteiger partial charge in [0.2, 0.25) is 5.91 Å². The lowest BCUT2D eigenvalue weighted by Crippen LogP contribution is -2.44. The number of methoxy groups -OCH3 is 1. The van der Waals surface area contributed by atoms with Gasteiger partial charge in [0.15, 0.2) is 0 Å². The molecule has 1 heterocycles. The van der Waals surface area contributed by atoms with E-state index in [1.165, 1.54) is 12.0 Å². The number of piperidine rings is 1. The molecule has 1 aliphatic rings. The van der Waals surface area contributed by atoms with Gasteiger partial charge in [0.1, 0.15) is 5.75 Å². The summed E-state index contributed by atoms with van der Waals surface area (Å²) >= 11 is 0. The normalized spacial score (nSPS) is 19.7. The molecule has 1 amide bonds. The highest BCUT2D eigenvalue weighted by Gasteiger charge is 2.32. The van der Waals surface area contributed by atoms with Crippen LogP contribution in [0, 0.1) is 5.41 Å². The molecule has 2 rings (SSSR count). The van der Waals surface area contributed by atoms with Gasteiger partial charge in [0, 0.05) is 20.0 Å². The summed E-state index contributed by atoms with van der Waals surface area (Å²) in [4.78, 5) is 13.5. The minimum Gasteiger partial charge on any atom is -0.497 e. The molecule has 3 nitrogen and oxygen atoms in total. The van der Waals surface area contributed by atoms with Crippen LogP contribution in [0.4, 0.5) is 0 Å². The summed E-state index contributed by atoms with van der Waals surface area (Å²) in [6.07, 6.45) is 3.30. The van der Waals surface area contributed by atoms with Gasteiger partial charge < -0.3 is 9.64 Å². The van der Waals surface area contributed by atoms with E-state index in [1.807, 2.05) is 44.7 Å². The second-order valence-electron chi connectivity index (χ2n) is 5.88. The highest BCUT2D eigenvalue weighted by Crippen LogP contribution is 2.33. The van der Waals surface area contributed by atoms with Crippen LogP contribution in [0.2, 0.25) is 0 Å². The van der Waals surface area contributed by atoms with Crippen molar-refractivity contribution in [3.63, 3.8) is 0 Å². The average Bonchev–Trinajstić information content (AvgIpc) is 2.59. The van der Waals surface area contributed by atoms with Gasteiger partial charge in [-0.15, -0.1) is 0 Å². The Hall–Kier alpha value is -1.51. The third kappa shape index (κ3) is 7.06. The van der Waals surface area contributed by atoms with Crippen LogP contribution in [0.3, 0.4) is 0 Å². The Morgan fingerprint density at radius 1 is 1.17 bits per heavy atom. The quantitative estimate of drug-likeness (QED) is 0.789. The molecule has 3 heteroatoms. The van der Waals surface area contributed by atoms with E-state index in [4.69, 9.17) is 4.74 Å². The maximum atomic E-state index is 11.5. The largest absolute Gasteiger partial charge is 0.497 e. The first kappa shape index (κ1) is 21.5. The monoisotopic (exact) mass is 321 g/mol. The van der Waals surface area contributed by atoms with Crippen LogP contribution in [0.25, 0.3) is 0 Å². The first-order chi connectivity index (χ1) is 11.0. The van der Waals surface area contributed by atoms with Crippen LogP contribution in [-0.2, 0) is 11.2 Å². The zero-order valence-corrected chi connectivity index (χ0v) is 16.1. The highest BCUT2D eigenvalue weighted by molar-refractivity contribution is 5.73. The Morgan fingerprint density at radius 2 is 1.74 bits per heavy atom. The lowest BCUT2D eigenvalue weighted by atomic mass is 9.77. The van der Waals surface area contributed by atoms with Gasteiger partial charge in [-0.05, 0) is 42.4 Å². The summed E-state index contributed by atoms with van der Waals surface area (Å²) in [6.45, 7) is 13.7. The van der Waals surface area contributed by atoms with Crippen LogP contribution in [0.1, 0.15) is 59.9 Å². The van der Waals surface area contributed by atoms with Crippen molar-refractivity contribution in [2.45, 2.75) is 60.8 Å². The van der Waals surface area contributed by atoms with Crippen molar-refractivity contribution in [3.8, 4) is 5.75 Å². The van der Waals surface area contributed by atoms with E-state index in [-0.39, 0.29) is 11.3 Å². The van der Waals surface area contributed by atoms with Crippen LogP contribution in [0.5, 0.6) is 5.75 Å². The lowest BCUT2D eigenvalue weighted by molar-refractivity contribution is -0.132. The van der Waals surface area contributed by atoms with Gasteiger partial charge in [-0.1, -0.05) is 46.8 Å². The predicted octanol–water partition coefficient (Wildman–Crippen LogP) is 4.94. The number of rotatable bonds is 3. The molecule has 0 saturated carbocycles. The van der Waals surface area contributed by atoms with Crippen molar-refractivity contribution in [1.82, 2.24) is 4.90 Å². The molecule has 0 aliphatic carbocycles. The number of amides is 1. The average molecular weight is 322 g/mol. The molecule has 1 unspecified atom stereocenters. The number of hydrogen-bond acceptors (Lipinski definition) is 2. The van der Waals surface area contributed by atoms with Gasteiger partial charge in [0.25, 0.3) is 0 Å². The molecule has 0 radical (unpaired) electrons. The molecule has 1 aromatic carbocycles. The summed E-state index contributed by atoms with van der Waals surface area (Å²) in [7, 11) is 1.68. The summed E-state index contributed by atoms with van der Waals surface area (Å²) in [5.74, 6) is 1.09. The number of nitrogens with zero attached hydrogens (tertiary/aromatic N) is 1. The molecular weight excluding hydrogens is 286 g/mol. The maximum Gasteiger partial charge on any atom is 0.219 e. The van der Waals surface area contributed by atoms with Gasteiger partial charge in [0.05, 0.1) is 7.11 Å². The molecule has 0 N–H and O–H groups in total. The minimum atomic E-state index is 0.193. The summed E-state index contributed by atoms with van der Waals surface area (Å²) in [5, 5.41) is 0. The van der Waals surface area contributed by atoms with E-state index in [2.05, 4.69) is 19.1 Å². The Kier molecular flexibility index (Phi) is 10.4. The summed E-state index contributed by atoms with van der Waals surface area (Å²) in [5.41, 5.74) is 1.51. The first-order valence-electron chi connectivity index (χ1n) is 8.91. The number of carbonyl (C=O) groups is 1. The fourth-order valence-electron chi connectivity index (χ4n) is 2.96. The standard InChI is InChI=1S/C16H23NO2.2C2H6/c1-13(18)17-10-4-9-16(2,12-17)11-14-5-7-15(19-3)8-6-14;2*1-2/h5-8H,4,9-12H2,1-3H3;2*1-2H3. The van der Waals surface area contributed by atoms with E-state index < -0.39 is 0 Å². The summed E-state index contributed by atoms with van der Waals surface area (Å²) in [6, 6.07) is 8.25. The zero-order valence-electron chi connectivity index (χ0n) is 16.1. The summed E-state index contributed by atoms with van der Waals surface area (Å²) < 4.78 is 5.18. The fraction of sp³-hybridized carbons (Fsp3) is 0.650. The molecular formula is C20H35NO2. The molecule has 1 atom stereocenters. The van der Waals surface area contributed by atoms with Crippen molar-refractivity contribution in [2.75, 3.05) is 20.2 Å². The molecule has 132 valence electrons. The van der Waals surface area contributed by atoms with Crippen LogP contribution in [-0.4, -0.2) is 31.0 Å². The van der Waals surface area contributed by atoms with Crippen molar-refractivity contribution < 1.29 is 9.53 Å². The second kappa shape index (κ2) is 11.1. The van der Waals surface area contributed by atoms with Gasteiger partial charge in [-0.3, -0.25) is 4.79 Å². The number of carbonyl (C=O) groups excluding carboxylic acids is 1. The SMILES string of the molecule is CC.CC.COc1ccc(CC2(C)CCCN(C(C)=O)C2)cc1. The van der Waals surface area contributed by atoms with Crippen molar-refractivity contribution in [1.29, 1.82) is 0 Å².